The number of alkyl halides is 3. The van der Waals surface area contributed by atoms with Crippen molar-refractivity contribution in [2.75, 3.05) is 0 Å². The van der Waals surface area contributed by atoms with E-state index in [1.54, 1.807) is 13.1 Å². The van der Waals surface area contributed by atoms with Crippen LogP contribution in [-0.4, -0.2) is 20.7 Å². The summed E-state index contributed by atoms with van der Waals surface area (Å²) >= 11 is 1.38. The minimum absolute atomic E-state index is 0.0782. The zero-order valence-corrected chi connectivity index (χ0v) is 14.2. The lowest BCUT2D eigenvalue weighted by molar-refractivity contribution is -0.182. The van der Waals surface area contributed by atoms with Crippen molar-refractivity contribution in [1.82, 2.24) is 14.5 Å². The molecule has 8 heteroatoms. The van der Waals surface area contributed by atoms with E-state index < -0.39 is 12.1 Å². The number of rotatable bonds is 2. The Kier molecular flexibility index (Phi) is 4.50. The Morgan fingerprint density at radius 2 is 1.88 bits per heavy atom. The maximum absolute atomic E-state index is 12.9. The molecule has 0 spiro atoms. The molecule has 2 aromatic rings. The lowest BCUT2D eigenvalue weighted by Crippen LogP contribution is -2.30. The van der Waals surface area contributed by atoms with Crippen molar-refractivity contribution < 1.29 is 13.2 Å². The van der Waals surface area contributed by atoms with Gasteiger partial charge < -0.3 is 0 Å². The fourth-order valence-corrected chi connectivity index (χ4v) is 3.98. The van der Waals surface area contributed by atoms with Gasteiger partial charge in [0.1, 0.15) is 5.82 Å². The van der Waals surface area contributed by atoms with E-state index in [9.17, 15) is 18.0 Å². The summed E-state index contributed by atoms with van der Waals surface area (Å²) in [5.74, 6) is -0.865. The van der Waals surface area contributed by atoms with Gasteiger partial charge in [0.25, 0.3) is 5.56 Å². The van der Waals surface area contributed by atoms with Gasteiger partial charge >= 0.3 is 6.18 Å². The van der Waals surface area contributed by atoms with E-state index in [4.69, 9.17) is 0 Å². The number of aromatic nitrogens is 3. The molecule has 24 heavy (non-hydrogen) atoms. The summed E-state index contributed by atoms with van der Waals surface area (Å²) in [6.45, 7) is 3.62. The molecule has 4 nitrogen and oxygen atoms in total. The Morgan fingerprint density at radius 1 is 1.21 bits per heavy atom. The lowest BCUT2D eigenvalue weighted by Gasteiger charge is -2.30. The summed E-state index contributed by atoms with van der Waals surface area (Å²) in [6.07, 6.45) is -1.55. The van der Waals surface area contributed by atoms with Crippen LogP contribution in [0.2, 0.25) is 0 Å². The quantitative estimate of drug-likeness (QED) is 0.811. The molecule has 0 N–H and O–H groups in total. The van der Waals surface area contributed by atoms with Crippen molar-refractivity contribution in [3.05, 3.63) is 39.0 Å². The number of thiazole rings is 1. The summed E-state index contributed by atoms with van der Waals surface area (Å²) < 4.78 is 40.1. The van der Waals surface area contributed by atoms with E-state index >= 15 is 0 Å². The minimum atomic E-state index is -4.14. The average molecular weight is 357 g/mol. The second-order valence-electron chi connectivity index (χ2n) is 6.27. The zero-order chi connectivity index (χ0) is 17.5. The van der Waals surface area contributed by atoms with Gasteiger partial charge in [-0.2, -0.15) is 13.2 Å². The molecule has 130 valence electrons. The summed E-state index contributed by atoms with van der Waals surface area (Å²) in [7, 11) is 0. The van der Waals surface area contributed by atoms with Gasteiger partial charge in [0.05, 0.1) is 5.92 Å². The molecule has 3 rings (SSSR count). The standard InChI is InChI=1S/C16H18F3N3OS/c1-9-7-13(23)22(15-20-8-10(2)24-15)14(21-9)11-3-5-12(6-4-11)16(17,18)19/h7-8,11-12H,3-6H2,1-2H3/t11-,12-. The largest absolute Gasteiger partial charge is 0.391 e. The van der Waals surface area contributed by atoms with Crippen molar-refractivity contribution in [1.29, 1.82) is 0 Å². The van der Waals surface area contributed by atoms with Gasteiger partial charge in [-0.15, -0.1) is 11.3 Å². The molecule has 0 radical (unpaired) electrons. The van der Waals surface area contributed by atoms with E-state index in [1.807, 2.05) is 6.92 Å². The van der Waals surface area contributed by atoms with Crippen LogP contribution >= 0.6 is 11.3 Å². The molecule has 0 amide bonds. The first-order chi connectivity index (χ1) is 11.3. The third kappa shape index (κ3) is 3.38. The van der Waals surface area contributed by atoms with Gasteiger partial charge in [-0.05, 0) is 39.5 Å². The van der Waals surface area contributed by atoms with Gasteiger partial charge in [-0.25, -0.2) is 14.5 Å². The van der Waals surface area contributed by atoms with Gasteiger partial charge in [-0.3, -0.25) is 4.79 Å². The summed E-state index contributed by atoms with van der Waals surface area (Å²) in [5.41, 5.74) is 0.349. The Labute approximate surface area is 141 Å². The fraction of sp³-hybridized carbons (Fsp3) is 0.562. The molecule has 1 aliphatic carbocycles. The van der Waals surface area contributed by atoms with E-state index in [-0.39, 0.29) is 24.3 Å². The number of nitrogens with zero attached hydrogens (tertiary/aromatic N) is 3. The molecule has 0 atom stereocenters. The predicted molar refractivity (Wildman–Crippen MR) is 85.7 cm³/mol. The van der Waals surface area contributed by atoms with E-state index in [2.05, 4.69) is 9.97 Å². The van der Waals surface area contributed by atoms with E-state index in [0.29, 0.717) is 29.5 Å². The molecule has 0 saturated heterocycles. The second-order valence-corrected chi connectivity index (χ2v) is 7.49. The Bertz CT molecular complexity index is 789. The van der Waals surface area contributed by atoms with Crippen LogP contribution in [0, 0.1) is 19.8 Å². The lowest BCUT2D eigenvalue weighted by atomic mass is 9.81. The average Bonchev–Trinajstić information content (AvgIpc) is 2.92. The van der Waals surface area contributed by atoms with Crippen LogP contribution in [0.1, 0.15) is 48.0 Å². The summed E-state index contributed by atoms with van der Waals surface area (Å²) in [4.78, 5) is 22.1. The van der Waals surface area contributed by atoms with Crippen molar-refractivity contribution in [2.24, 2.45) is 5.92 Å². The Balaban J connectivity index is 1.95. The smallest absolute Gasteiger partial charge is 0.269 e. The van der Waals surface area contributed by atoms with Crippen LogP contribution in [-0.2, 0) is 0 Å². The fourth-order valence-electron chi connectivity index (χ4n) is 3.21. The third-order valence-electron chi connectivity index (χ3n) is 4.43. The van der Waals surface area contributed by atoms with Gasteiger partial charge in [0.2, 0.25) is 0 Å². The number of halogens is 3. The molecule has 0 aliphatic heterocycles. The summed E-state index contributed by atoms with van der Waals surface area (Å²) in [6, 6.07) is 1.43. The minimum Gasteiger partial charge on any atom is -0.269 e. The number of aryl methyl sites for hydroxylation is 2. The highest BCUT2D eigenvalue weighted by atomic mass is 32.1. The first kappa shape index (κ1) is 17.1. The first-order valence-corrected chi connectivity index (χ1v) is 8.67. The van der Waals surface area contributed by atoms with Gasteiger partial charge in [0, 0.05) is 28.8 Å². The maximum atomic E-state index is 12.9. The molecule has 1 fully saturated rings. The van der Waals surface area contributed by atoms with Gasteiger partial charge in [0.15, 0.2) is 5.13 Å². The van der Waals surface area contributed by atoms with Crippen LogP contribution in [0.5, 0.6) is 0 Å². The maximum Gasteiger partial charge on any atom is 0.391 e. The van der Waals surface area contributed by atoms with Crippen LogP contribution in [0.25, 0.3) is 5.13 Å². The topological polar surface area (TPSA) is 47.8 Å². The molecule has 1 saturated carbocycles. The molecule has 2 aromatic heterocycles. The Morgan fingerprint density at radius 3 is 2.42 bits per heavy atom. The molecular weight excluding hydrogens is 339 g/mol. The molecule has 0 unspecified atom stereocenters. The highest BCUT2D eigenvalue weighted by Crippen LogP contribution is 2.42. The van der Waals surface area contributed by atoms with Crippen molar-refractivity contribution in [3.8, 4) is 5.13 Å². The van der Waals surface area contributed by atoms with E-state index in [1.165, 1.54) is 22.0 Å². The number of hydrogen-bond donors (Lipinski definition) is 0. The highest BCUT2D eigenvalue weighted by Gasteiger charge is 2.42. The second kappa shape index (κ2) is 6.31. The summed E-state index contributed by atoms with van der Waals surface area (Å²) in [5, 5.41) is 0.526. The molecular formula is C16H18F3N3OS. The molecule has 1 aliphatic rings. The van der Waals surface area contributed by atoms with Crippen molar-refractivity contribution in [2.45, 2.75) is 51.6 Å². The van der Waals surface area contributed by atoms with E-state index in [0.717, 1.165) is 4.88 Å². The molecule has 0 bridgehead atoms. The zero-order valence-electron chi connectivity index (χ0n) is 13.4. The Hall–Kier alpha value is -1.70. The monoisotopic (exact) mass is 357 g/mol. The normalized spacial score (nSPS) is 21.9. The first-order valence-electron chi connectivity index (χ1n) is 7.86. The van der Waals surface area contributed by atoms with Crippen LogP contribution in [0.3, 0.4) is 0 Å². The predicted octanol–water partition coefficient (Wildman–Crippen LogP) is 4.14. The van der Waals surface area contributed by atoms with Crippen LogP contribution < -0.4 is 5.56 Å². The van der Waals surface area contributed by atoms with Crippen LogP contribution in [0.15, 0.2) is 17.1 Å². The third-order valence-corrected chi connectivity index (χ3v) is 5.33. The highest BCUT2D eigenvalue weighted by molar-refractivity contribution is 7.14. The number of hydrogen-bond acceptors (Lipinski definition) is 4. The SMILES string of the molecule is Cc1cc(=O)n(-c2ncc(C)s2)c([C@H]2CC[C@H](C(F)(F)F)CC2)n1. The molecule has 0 aromatic carbocycles. The van der Waals surface area contributed by atoms with Gasteiger partial charge in [-0.1, -0.05) is 0 Å². The molecule has 2 heterocycles. The van der Waals surface area contributed by atoms with Crippen molar-refractivity contribution in [3.63, 3.8) is 0 Å². The van der Waals surface area contributed by atoms with Crippen molar-refractivity contribution >= 4 is 11.3 Å². The van der Waals surface area contributed by atoms with Crippen LogP contribution in [0.4, 0.5) is 13.2 Å².